The first kappa shape index (κ1) is 31.3. The predicted octanol–water partition coefficient (Wildman–Crippen LogP) is 4.15. The summed E-state index contributed by atoms with van der Waals surface area (Å²) in [6, 6.07) is 9.73. The number of rotatable bonds is 7. The van der Waals surface area contributed by atoms with Gasteiger partial charge in [0.1, 0.15) is 0 Å². The van der Waals surface area contributed by atoms with Crippen LogP contribution >= 0.6 is 0 Å². The summed E-state index contributed by atoms with van der Waals surface area (Å²) in [4.78, 5) is 49.3. The van der Waals surface area contributed by atoms with Crippen molar-refractivity contribution in [1.82, 2.24) is 9.88 Å². The van der Waals surface area contributed by atoms with Gasteiger partial charge in [-0.1, -0.05) is 12.1 Å². The third-order valence-electron chi connectivity index (χ3n) is 6.18. The van der Waals surface area contributed by atoms with Crippen molar-refractivity contribution in [2.45, 2.75) is 19.6 Å². The molecule has 222 valence electrons. The molecule has 12 nitrogen and oxygen atoms in total. The summed E-state index contributed by atoms with van der Waals surface area (Å²) in [5, 5.41) is 30.2. The van der Waals surface area contributed by atoms with E-state index in [0.717, 1.165) is 17.8 Å². The smallest absolute Gasteiger partial charge is 0.416 e. The van der Waals surface area contributed by atoms with Crippen LogP contribution in [0.5, 0.6) is 0 Å². The zero-order valence-corrected chi connectivity index (χ0v) is 22.2. The molecule has 0 atom stereocenters. The molecule has 0 unspecified atom stereocenters. The first-order chi connectivity index (χ1) is 19.7. The van der Waals surface area contributed by atoms with Gasteiger partial charge >= 0.3 is 18.1 Å². The number of nitrogens with one attached hydrogen (secondary N) is 1. The molecule has 0 radical (unpaired) electrons. The molecule has 2 aromatic carbocycles. The highest BCUT2D eigenvalue weighted by atomic mass is 19.4. The largest absolute Gasteiger partial charge is 0.478 e. The van der Waals surface area contributed by atoms with Crippen LogP contribution in [0.2, 0.25) is 0 Å². The van der Waals surface area contributed by atoms with Crippen LogP contribution in [-0.4, -0.2) is 69.0 Å². The number of fused-ring (bicyclic) bond motifs is 1. The average Bonchev–Trinajstić information content (AvgIpc) is 2.94. The molecule has 0 bridgehead atoms. The van der Waals surface area contributed by atoms with Crippen molar-refractivity contribution in [3.63, 3.8) is 0 Å². The van der Waals surface area contributed by atoms with E-state index in [2.05, 4.69) is 10.3 Å². The van der Waals surface area contributed by atoms with E-state index in [1.54, 1.807) is 17.0 Å². The summed E-state index contributed by atoms with van der Waals surface area (Å²) < 4.78 is 40.5. The normalized spacial score (nSPS) is 13.4. The lowest BCUT2D eigenvalue weighted by Crippen LogP contribution is -2.48. The van der Waals surface area contributed by atoms with Gasteiger partial charge in [-0.15, -0.1) is 0 Å². The highest BCUT2D eigenvalue weighted by molar-refractivity contribution is 5.94. The summed E-state index contributed by atoms with van der Waals surface area (Å²) in [7, 11) is 0. The van der Waals surface area contributed by atoms with Gasteiger partial charge in [-0.25, -0.2) is 9.59 Å². The number of anilines is 2. The van der Waals surface area contributed by atoms with E-state index in [-0.39, 0.29) is 29.3 Å². The lowest BCUT2D eigenvalue weighted by molar-refractivity contribution is -0.384. The molecule has 0 saturated carbocycles. The number of nitro groups is 1. The number of piperazine rings is 1. The number of nitro benzene ring substituents is 1. The van der Waals surface area contributed by atoms with E-state index >= 15 is 0 Å². The molecule has 3 N–H and O–H groups in total. The van der Waals surface area contributed by atoms with Crippen LogP contribution < -0.4 is 10.2 Å². The van der Waals surface area contributed by atoms with Gasteiger partial charge in [-0.2, -0.15) is 13.2 Å². The molecule has 42 heavy (non-hydrogen) atoms. The molecule has 2 heterocycles. The molecule has 0 aliphatic carbocycles. The number of amides is 1. The predicted molar refractivity (Wildman–Crippen MR) is 146 cm³/mol. The number of alkyl halides is 3. The van der Waals surface area contributed by atoms with Crippen molar-refractivity contribution < 1.29 is 42.7 Å². The van der Waals surface area contributed by atoms with E-state index in [9.17, 15) is 37.7 Å². The minimum atomic E-state index is -4.56. The number of halogens is 3. The number of nitrogens with zero attached hydrogens (tertiary/aromatic N) is 4. The van der Waals surface area contributed by atoms with Crippen LogP contribution in [0.3, 0.4) is 0 Å². The summed E-state index contributed by atoms with van der Waals surface area (Å²) in [6.45, 7) is 3.90. The van der Waals surface area contributed by atoms with Crippen LogP contribution in [0.1, 0.15) is 18.1 Å². The Bertz CT molecular complexity index is 1500. The van der Waals surface area contributed by atoms with Gasteiger partial charge in [0.15, 0.2) is 0 Å². The van der Waals surface area contributed by atoms with Gasteiger partial charge in [0.25, 0.3) is 5.69 Å². The Balaban J connectivity index is 0.000000531. The van der Waals surface area contributed by atoms with Crippen molar-refractivity contribution >= 4 is 45.8 Å². The third-order valence-corrected chi connectivity index (χ3v) is 6.18. The molecule has 1 amide bonds. The highest BCUT2D eigenvalue weighted by Crippen LogP contribution is 2.36. The molecule has 1 aromatic heterocycles. The van der Waals surface area contributed by atoms with Gasteiger partial charge in [-0.05, 0) is 23.8 Å². The lowest BCUT2D eigenvalue weighted by atomic mass is 10.1. The molecule has 4 rings (SSSR count). The number of benzene rings is 2. The fraction of sp³-hybridized carbons (Fsp3) is 0.259. The van der Waals surface area contributed by atoms with Crippen molar-refractivity contribution in [1.29, 1.82) is 0 Å². The molecule has 15 heteroatoms. The number of aromatic nitrogens is 1. The second kappa shape index (κ2) is 13.4. The maximum absolute atomic E-state index is 13.5. The first-order valence-corrected chi connectivity index (χ1v) is 12.4. The van der Waals surface area contributed by atoms with E-state index < -0.39 is 28.6 Å². The minimum Gasteiger partial charge on any atom is -0.478 e. The second-order valence-electron chi connectivity index (χ2n) is 9.07. The SMILES string of the molecule is CC(=O)N1CCN(c2cnc3cc(C(F)(F)F)cc(NCc4cccc([N+](=O)[O-])c4)c3c2)CC1.O=C(O)/C=C/C(=O)O. The number of pyridine rings is 1. The quantitative estimate of drug-likeness (QED) is 0.207. The summed E-state index contributed by atoms with van der Waals surface area (Å²) in [5.41, 5.74) is 0.785. The number of carboxylic acids is 2. The van der Waals surface area contributed by atoms with Crippen molar-refractivity contribution in [3.05, 3.63) is 82.1 Å². The highest BCUT2D eigenvalue weighted by Gasteiger charge is 2.32. The van der Waals surface area contributed by atoms with Gasteiger partial charge in [-0.3, -0.25) is 19.9 Å². The molecule has 1 aliphatic rings. The monoisotopic (exact) mass is 589 g/mol. The van der Waals surface area contributed by atoms with Crippen molar-refractivity contribution in [2.24, 2.45) is 0 Å². The van der Waals surface area contributed by atoms with E-state index in [0.29, 0.717) is 49.3 Å². The molecule has 1 fully saturated rings. The number of non-ortho nitro benzene ring substituents is 1. The topological polar surface area (TPSA) is 166 Å². The fourth-order valence-electron chi connectivity index (χ4n) is 4.10. The van der Waals surface area contributed by atoms with Crippen molar-refractivity contribution in [3.8, 4) is 0 Å². The molecule has 1 aliphatic heterocycles. The second-order valence-corrected chi connectivity index (χ2v) is 9.07. The summed E-state index contributed by atoms with van der Waals surface area (Å²) >= 11 is 0. The number of hydrogen-bond donors (Lipinski definition) is 3. The maximum atomic E-state index is 13.5. The number of carbonyl (C=O) groups is 3. The maximum Gasteiger partial charge on any atom is 0.416 e. The lowest BCUT2D eigenvalue weighted by Gasteiger charge is -2.35. The molecular weight excluding hydrogens is 563 g/mol. The standard InChI is InChI=1S/C23H22F3N5O3.C4H4O4/c1-15(32)29-5-7-30(8-6-29)19-12-20-21(10-17(23(24,25)26)11-22(20)28-14-19)27-13-16-3-2-4-18(9-16)31(33)34;5-3(6)1-2-4(7)8/h2-4,9-12,14,27H,5-8,13H2,1H3;1-2H,(H,5,6)(H,7,8)/b;2-1+. The van der Waals surface area contributed by atoms with Crippen LogP contribution in [0, 0.1) is 10.1 Å². The van der Waals surface area contributed by atoms with Gasteiger partial charge in [0.05, 0.1) is 27.9 Å². The van der Waals surface area contributed by atoms with Crippen LogP contribution in [0.4, 0.5) is 30.2 Å². The molecule has 3 aromatic rings. The Kier molecular flexibility index (Phi) is 10.0. The van der Waals surface area contributed by atoms with Gasteiger partial charge in [0.2, 0.25) is 5.91 Å². The van der Waals surface area contributed by atoms with Crippen LogP contribution in [0.15, 0.2) is 60.8 Å². The molecule has 0 spiro atoms. The Morgan fingerprint density at radius 2 is 1.69 bits per heavy atom. The Morgan fingerprint density at radius 3 is 2.24 bits per heavy atom. The third kappa shape index (κ3) is 8.64. The zero-order valence-electron chi connectivity index (χ0n) is 22.2. The Morgan fingerprint density at radius 1 is 1.05 bits per heavy atom. The zero-order chi connectivity index (χ0) is 31.0. The number of carbonyl (C=O) groups excluding carboxylic acids is 1. The van der Waals surface area contributed by atoms with Crippen LogP contribution in [-0.2, 0) is 27.1 Å². The Hall–Kier alpha value is -5.21. The number of aliphatic carboxylic acids is 2. The van der Waals surface area contributed by atoms with E-state index in [4.69, 9.17) is 10.2 Å². The average molecular weight is 590 g/mol. The fourth-order valence-corrected chi connectivity index (χ4v) is 4.10. The first-order valence-electron chi connectivity index (χ1n) is 12.4. The minimum absolute atomic E-state index is 0.00333. The van der Waals surface area contributed by atoms with Crippen molar-refractivity contribution in [2.75, 3.05) is 36.4 Å². The molecular formula is C27H26F3N5O7. The van der Waals surface area contributed by atoms with Gasteiger partial charge in [0, 0.05) is 75.0 Å². The Labute approximate surface area is 236 Å². The number of carboxylic acid groups (broad SMARTS) is 2. The summed E-state index contributed by atoms with van der Waals surface area (Å²) in [5.74, 6) is -2.51. The van der Waals surface area contributed by atoms with E-state index in [1.165, 1.54) is 31.3 Å². The molecule has 1 saturated heterocycles. The summed E-state index contributed by atoms with van der Waals surface area (Å²) in [6.07, 6.45) is -1.90. The van der Waals surface area contributed by atoms with E-state index in [1.807, 2.05) is 4.90 Å². The van der Waals surface area contributed by atoms with Crippen LogP contribution in [0.25, 0.3) is 10.9 Å². The number of hydrogen-bond acceptors (Lipinski definition) is 8. The van der Waals surface area contributed by atoms with Gasteiger partial charge < -0.3 is 25.3 Å².